The van der Waals surface area contributed by atoms with E-state index in [0.717, 1.165) is 32.1 Å². The van der Waals surface area contributed by atoms with Gasteiger partial charge in [0.1, 0.15) is 5.54 Å². The fourth-order valence-corrected chi connectivity index (χ4v) is 2.91. The molecule has 1 aromatic rings. The van der Waals surface area contributed by atoms with Gasteiger partial charge in [-0.1, -0.05) is 13.3 Å². The van der Waals surface area contributed by atoms with Crippen LogP contribution in [-0.2, 0) is 0 Å². The number of amides is 1. The Morgan fingerprint density at radius 2 is 2.10 bits per heavy atom. The maximum absolute atomic E-state index is 12.5. The zero-order chi connectivity index (χ0) is 15.5. The minimum atomic E-state index is -0.730. The van der Waals surface area contributed by atoms with Gasteiger partial charge >= 0.3 is 0 Å². The Labute approximate surface area is 125 Å². The molecule has 0 aromatic carbocycles. The SMILES string of the molecule is CCC1CCC(C#N)(NC(=O)c2cc(C)nnc2C)CC1. The lowest BCUT2D eigenvalue weighted by Crippen LogP contribution is -2.49. The van der Waals surface area contributed by atoms with Crippen LogP contribution in [0.5, 0.6) is 0 Å². The Kier molecular flexibility index (Phi) is 4.56. The molecule has 2 rings (SSSR count). The standard InChI is InChI=1S/C16H22N4O/c1-4-13-5-7-16(10-17,8-6-13)18-15(21)14-9-11(2)19-20-12(14)3/h9,13H,4-8H2,1-3H3,(H,18,21). The van der Waals surface area contributed by atoms with E-state index in [1.54, 1.807) is 19.9 Å². The fraction of sp³-hybridized carbons (Fsp3) is 0.625. The minimum absolute atomic E-state index is 0.220. The number of nitrogens with zero attached hydrogens (tertiary/aromatic N) is 3. The summed E-state index contributed by atoms with van der Waals surface area (Å²) in [5.74, 6) is 0.456. The summed E-state index contributed by atoms with van der Waals surface area (Å²) in [6, 6.07) is 4.05. The molecule has 112 valence electrons. The molecule has 0 bridgehead atoms. The first-order valence-electron chi connectivity index (χ1n) is 7.54. The van der Waals surface area contributed by atoms with Crippen molar-refractivity contribution in [1.29, 1.82) is 5.26 Å². The lowest BCUT2D eigenvalue weighted by atomic mass is 9.76. The second kappa shape index (κ2) is 6.21. The Hall–Kier alpha value is -1.96. The number of rotatable bonds is 3. The third kappa shape index (κ3) is 3.38. The summed E-state index contributed by atoms with van der Waals surface area (Å²) in [5, 5.41) is 20.4. The minimum Gasteiger partial charge on any atom is -0.334 e. The monoisotopic (exact) mass is 286 g/mol. The van der Waals surface area contributed by atoms with Gasteiger partial charge in [-0.3, -0.25) is 4.79 Å². The molecule has 5 heteroatoms. The van der Waals surface area contributed by atoms with E-state index in [4.69, 9.17) is 0 Å². The molecular formula is C16H22N4O. The predicted octanol–water partition coefficient (Wildman–Crippen LogP) is 2.69. The summed E-state index contributed by atoms with van der Waals surface area (Å²) in [7, 11) is 0. The lowest BCUT2D eigenvalue weighted by Gasteiger charge is -2.35. The first kappa shape index (κ1) is 15.4. The Bertz CT molecular complexity index is 568. The van der Waals surface area contributed by atoms with Gasteiger partial charge in [0.2, 0.25) is 0 Å². The topological polar surface area (TPSA) is 78.7 Å². The van der Waals surface area contributed by atoms with Gasteiger partial charge in [-0.25, -0.2) is 0 Å². The van der Waals surface area contributed by atoms with Gasteiger partial charge in [0.15, 0.2) is 0 Å². The molecule has 0 radical (unpaired) electrons. The van der Waals surface area contributed by atoms with Crippen molar-refractivity contribution in [2.75, 3.05) is 0 Å². The average molecular weight is 286 g/mol. The quantitative estimate of drug-likeness (QED) is 0.926. The Morgan fingerprint density at radius 1 is 1.43 bits per heavy atom. The van der Waals surface area contributed by atoms with Crippen molar-refractivity contribution >= 4 is 5.91 Å². The zero-order valence-electron chi connectivity index (χ0n) is 12.9. The van der Waals surface area contributed by atoms with Crippen molar-refractivity contribution in [3.8, 4) is 6.07 Å². The first-order chi connectivity index (χ1) is 9.99. The maximum atomic E-state index is 12.5. The van der Waals surface area contributed by atoms with Gasteiger partial charge in [-0.15, -0.1) is 0 Å². The van der Waals surface area contributed by atoms with Gasteiger partial charge in [-0.2, -0.15) is 15.5 Å². The Balaban J connectivity index is 2.14. The van der Waals surface area contributed by atoms with Crippen molar-refractivity contribution in [3.05, 3.63) is 23.0 Å². The maximum Gasteiger partial charge on any atom is 0.254 e. The van der Waals surface area contributed by atoms with Crippen LogP contribution in [0.3, 0.4) is 0 Å². The van der Waals surface area contributed by atoms with E-state index < -0.39 is 5.54 Å². The number of nitriles is 1. The van der Waals surface area contributed by atoms with Crippen molar-refractivity contribution in [1.82, 2.24) is 15.5 Å². The molecule has 1 aliphatic rings. The number of hydrogen-bond acceptors (Lipinski definition) is 4. The molecule has 1 aromatic heterocycles. The molecule has 1 aliphatic carbocycles. The second-order valence-corrected chi connectivity index (χ2v) is 5.98. The van der Waals surface area contributed by atoms with E-state index in [1.807, 2.05) is 0 Å². The molecule has 0 unspecified atom stereocenters. The van der Waals surface area contributed by atoms with Gasteiger partial charge in [0, 0.05) is 0 Å². The van der Waals surface area contributed by atoms with Crippen LogP contribution in [0.15, 0.2) is 6.07 Å². The summed E-state index contributed by atoms with van der Waals surface area (Å²) in [6.07, 6.45) is 4.59. The lowest BCUT2D eigenvalue weighted by molar-refractivity contribution is 0.0890. The van der Waals surface area contributed by atoms with Crippen LogP contribution in [-0.4, -0.2) is 21.6 Å². The van der Waals surface area contributed by atoms with Gasteiger partial charge in [0.05, 0.1) is 23.0 Å². The van der Waals surface area contributed by atoms with Crippen molar-refractivity contribution in [3.63, 3.8) is 0 Å². The molecule has 1 fully saturated rings. The highest BCUT2D eigenvalue weighted by Gasteiger charge is 2.36. The average Bonchev–Trinajstić information content (AvgIpc) is 2.50. The fourth-order valence-electron chi connectivity index (χ4n) is 2.91. The van der Waals surface area contributed by atoms with Gasteiger partial charge < -0.3 is 5.32 Å². The highest BCUT2D eigenvalue weighted by molar-refractivity contribution is 5.96. The first-order valence-corrected chi connectivity index (χ1v) is 7.54. The highest BCUT2D eigenvalue weighted by Crippen LogP contribution is 2.33. The summed E-state index contributed by atoms with van der Waals surface area (Å²) < 4.78 is 0. The van der Waals surface area contributed by atoms with Crippen molar-refractivity contribution < 1.29 is 4.79 Å². The molecular weight excluding hydrogens is 264 g/mol. The number of aryl methyl sites for hydroxylation is 2. The van der Waals surface area contributed by atoms with Crippen molar-refractivity contribution in [2.24, 2.45) is 5.92 Å². The van der Waals surface area contributed by atoms with Crippen LogP contribution in [0, 0.1) is 31.1 Å². The molecule has 1 amide bonds. The van der Waals surface area contributed by atoms with E-state index in [9.17, 15) is 10.1 Å². The number of carbonyl (C=O) groups excluding carboxylic acids is 1. The number of aromatic nitrogens is 2. The zero-order valence-corrected chi connectivity index (χ0v) is 12.9. The third-order valence-electron chi connectivity index (χ3n) is 4.45. The molecule has 1 N–H and O–H groups in total. The number of nitrogens with one attached hydrogen (secondary N) is 1. The number of hydrogen-bond donors (Lipinski definition) is 1. The smallest absolute Gasteiger partial charge is 0.254 e. The van der Waals surface area contributed by atoms with Crippen LogP contribution in [0.1, 0.15) is 60.8 Å². The van der Waals surface area contributed by atoms with Crippen LogP contribution in [0.4, 0.5) is 0 Å². The molecule has 5 nitrogen and oxygen atoms in total. The summed E-state index contributed by atoms with van der Waals surface area (Å²) in [6.45, 7) is 5.74. The second-order valence-electron chi connectivity index (χ2n) is 5.98. The van der Waals surface area contributed by atoms with Crippen LogP contribution >= 0.6 is 0 Å². The van der Waals surface area contributed by atoms with E-state index in [1.165, 1.54) is 0 Å². The molecule has 1 heterocycles. The van der Waals surface area contributed by atoms with Gasteiger partial charge in [0.25, 0.3) is 5.91 Å². The van der Waals surface area contributed by atoms with Crippen molar-refractivity contribution in [2.45, 2.75) is 58.4 Å². The molecule has 1 saturated carbocycles. The van der Waals surface area contributed by atoms with E-state index in [0.29, 0.717) is 22.9 Å². The van der Waals surface area contributed by atoms with Crippen LogP contribution in [0.25, 0.3) is 0 Å². The molecule has 0 spiro atoms. The van der Waals surface area contributed by atoms with Crippen LogP contribution in [0.2, 0.25) is 0 Å². The molecule has 0 aliphatic heterocycles. The third-order valence-corrected chi connectivity index (χ3v) is 4.45. The molecule has 0 atom stereocenters. The van der Waals surface area contributed by atoms with E-state index in [-0.39, 0.29) is 5.91 Å². The molecule has 21 heavy (non-hydrogen) atoms. The summed E-state index contributed by atoms with van der Waals surface area (Å²) in [5.41, 5.74) is 1.07. The summed E-state index contributed by atoms with van der Waals surface area (Å²) >= 11 is 0. The van der Waals surface area contributed by atoms with Gasteiger partial charge in [-0.05, 0) is 51.5 Å². The van der Waals surface area contributed by atoms with E-state index >= 15 is 0 Å². The Morgan fingerprint density at radius 3 is 2.67 bits per heavy atom. The highest BCUT2D eigenvalue weighted by atomic mass is 16.1. The summed E-state index contributed by atoms with van der Waals surface area (Å²) in [4.78, 5) is 12.5. The predicted molar refractivity (Wildman–Crippen MR) is 79.6 cm³/mol. The van der Waals surface area contributed by atoms with E-state index in [2.05, 4.69) is 28.5 Å². The number of carbonyl (C=O) groups is 1. The van der Waals surface area contributed by atoms with Crippen LogP contribution < -0.4 is 5.32 Å². The normalized spacial score (nSPS) is 25.1. The molecule has 0 saturated heterocycles. The largest absolute Gasteiger partial charge is 0.334 e.